The minimum atomic E-state index is -0.724. The maximum absolute atomic E-state index is 13.0. The van der Waals surface area contributed by atoms with E-state index in [4.69, 9.17) is 9.47 Å². The Labute approximate surface area is 188 Å². The third-order valence-corrected chi connectivity index (χ3v) is 5.63. The number of ether oxygens (including phenoxy) is 2. The minimum Gasteiger partial charge on any atom is -0.457 e. The normalized spacial score (nSPS) is 14.2. The predicted molar refractivity (Wildman–Crippen MR) is 117 cm³/mol. The topological polar surface area (TPSA) is 102 Å². The Kier molecular flexibility index (Phi) is 4.90. The van der Waals surface area contributed by atoms with Crippen molar-refractivity contribution in [2.24, 2.45) is 0 Å². The van der Waals surface area contributed by atoms with Crippen molar-refractivity contribution in [3.05, 3.63) is 89.0 Å². The smallest absolute Gasteiger partial charge is 0.318 e. The van der Waals surface area contributed by atoms with E-state index in [2.05, 4.69) is 5.32 Å². The van der Waals surface area contributed by atoms with Crippen molar-refractivity contribution in [2.75, 3.05) is 19.0 Å². The van der Waals surface area contributed by atoms with Crippen molar-refractivity contribution in [1.82, 2.24) is 4.90 Å². The number of esters is 1. The zero-order valence-electron chi connectivity index (χ0n) is 17.5. The fraction of sp³-hybridized carbons (Fsp3) is 0.120. The summed E-state index contributed by atoms with van der Waals surface area (Å²) >= 11 is 0. The van der Waals surface area contributed by atoms with E-state index in [-0.39, 0.29) is 17.0 Å². The van der Waals surface area contributed by atoms with Crippen LogP contribution in [0.1, 0.15) is 37.8 Å². The van der Waals surface area contributed by atoms with Crippen LogP contribution in [-0.4, -0.2) is 42.2 Å². The highest BCUT2D eigenvalue weighted by molar-refractivity contribution is 6.21. The Balaban J connectivity index is 1.29. The number of para-hydroxylation sites is 2. The summed E-state index contributed by atoms with van der Waals surface area (Å²) < 4.78 is 11.2. The van der Waals surface area contributed by atoms with Crippen molar-refractivity contribution < 1.29 is 28.7 Å². The number of nitrogens with zero attached hydrogens (tertiary/aromatic N) is 1. The van der Waals surface area contributed by atoms with Crippen LogP contribution in [0, 0.1) is 0 Å². The van der Waals surface area contributed by atoms with Gasteiger partial charge in [-0.1, -0.05) is 36.4 Å². The van der Waals surface area contributed by atoms with Crippen LogP contribution in [0.3, 0.4) is 0 Å². The highest BCUT2D eigenvalue weighted by Crippen LogP contribution is 2.44. The van der Waals surface area contributed by atoms with Gasteiger partial charge in [0.2, 0.25) is 0 Å². The molecule has 5 rings (SSSR count). The van der Waals surface area contributed by atoms with Gasteiger partial charge in [-0.15, -0.1) is 0 Å². The number of carbonyl (C=O) groups excluding carboxylic acids is 4. The summed E-state index contributed by atoms with van der Waals surface area (Å²) in [6.07, 6.45) is 0. The van der Waals surface area contributed by atoms with Crippen molar-refractivity contribution in [2.45, 2.75) is 5.92 Å². The molecule has 0 bridgehead atoms. The van der Waals surface area contributed by atoms with Crippen LogP contribution >= 0.6 is 0 Å². The highest BCUT2D eigenvalue weighted by Gasteiger charge is 2.34. The predicted octanol–water partition coefficient (Wildman–Crippen LogP) is 3.33. The number of hydrogen-bond donors (Lipinski definition) is 1. The number of rotatable bonds is 4. The van der Waals surface area contributed by atoms with Gasteiger partial charge in [-0.25, -0.2) is 0 Å². The van der Waals surface area contributed by atoms with Crippen molar-refractivity contribution >= 4 is 29.4 Å². The maximum atomic E-state index is 13.0. The van der Waals surface area contributed by atoms with Gasteiger partial charge >= 0.3 is 5.97 Å². The summed E-state index contributed by atoms with van der Waals surface area (Å²) in [7, 11) is 1.40. The van der Waals surface area contributed by atoms with Gasteiger partial charge in [-0.2, -0.15) is 0 Å². The number of imide groups is 1. The molecule has 0 atom stereocenters. The molecule has 1 N–H and O–H groups in total. The first kappa shape index (κ1) is 20.4. The summed E-state index contributed by atoms with van der Waals surface area (Å²) in [6.45, 7) is -0.510. The van der Waals surface area contributed by atoms with Crippen molar-refractivity contribution in [1.29, 1.82) is 0 Å². The number of nitrogens with one attached hydrogen (secondary N) is 1. The fourth-order valence-electron chi connectivity index (χ4n) is 4.02. The quantitative estimate of drug-likeness (QED) is 0.491. The van der Waals surface area contributed by atoms with Gasteiger partial charge < -0.3 is 14.8 Å². The summed E-state index contributed by atoms with van der Waals surface area (Å²) in [5, 5.41) is 2.60. The van der Waals surface area contributed by atoms with E-state index in [1.807, 2.05) is 12.1 Å². The number of benzene rings is 3. The van der Waals surface area contributed by atoms with Gasteiger partial charge in [-0.3, -0.25) is 24.1 Å². The number of hydrogen-bond acceptors (Lipinski definition) is 6. The Bertz CT molecular complexity index is 1290. The fourth-order valence-corrected chi connectivity index (χ4v) is 4.02. The van der Waals surface area contributed by atoms with E-state index in [1.54, 1.807) is 36.4 Å². The highest BCUT2D eigenvalue weighted by atomic mass is 16.5. The van der Waals surface area contributed by atoms with E-state index in [1.165, 1.54) is 25.2 Å². The van der Waals surface area contributed by atoms with E-state index >= 15 is 0 Å². The third-order valence-electron chi connectivity index (χ3n) is 5.63. The Hall–Kier alpha value is -4.46. The number of amides is 3. The van der Waals surface area contributed by atoms with Crippen LogP contribution in [0.15, 0.2) is 66.7 Å². The van der Waals surface area contributed by atoms with Gasteiger partial charge in [0, 0.05) is 23.9 Å². The zero-order valence-corrected chi connectivity index (χ0v) is 17.5. The number of fused-ring (bicyclic) bond motifs is 3. The lowest BCUT2D eigenvalue weighted by molar-refractivity contribution is -0.148. The molecule has 0 unspecified atom stereocenters. The molecule has 8 nitrogen and oxygen atoms in total. The first-order valence-electron chi connectivity index (χ1n) is 10.2. The van der Waals surface area contributed by atoms with E-state index in [0.717, 1.165) is 4.90 Å². The Morgan fingerprint density at radius 3 is 2.18 bits per heavy atom. The molecule has 164 valence electrons. The number of carbonyl (C=O) groups is 4. The third kappa shape index (κ3) is 3.51. The molecule has 2 aliphatic heterocycles. The lowest BCUT2D eigenvalue weighted by atomic mass is 9.88. The minimum absolute atomic E-state index is 0.215. The molecule has 0 saturated carbocycles. The van der Waals surface area contributed by atoms with Crippen LogP contribution in [0.2, 0.25) is 0 Å². The standard InChI is InChI=1S/C25H18N2O6/c1-27-23(29)15-11-10-14(12-18(15)24(27)30)26-21(28)13-32-25(31)22-16-6-2-4-8-19(16)33-20-9-5-3-7-17(20)22/h2-12,22H,13H2,1H3,(H,26,28). The van der Waals surface area contributed by atoms with Gasteiger partial charge in [0.25, 0.3) is 17.7 Å². The molecule has 0 aromatic heterocycles. The van der Waals surface area contributed by atoms with Crippen LogP contribution < -0.4 is 10.1 Å². The van der Waals surface area contributed by atoms with Gasteiger partial charge in [0.1, 0.15) is 17.4 Å². The zero-order chi connectivity index (χ0) is 23.1. The van der Waals surface area contributed by atoms with E-state index in [9.17, 15) is 19.2 Å². The Morgan fingerprint density at radius 1 is 0.909 bits per heavy atom. The van der Waals surface area contributed by atoms with Crippen LogP contribution in [-0.2, 0) is 14.3 Å². The van der Waals surface area contributed by atoms with Gasteiger partial charge in [-0.05, 0) is 30.3 Å². The monoisotopic (exact) mass is 442 g/mol. The molecule has 0 saturated heterocycles. The molecule has 0 spiro atoms. The molecule has 0 radical (unpaired) electrons. The number of anilines is 1. The second-order valence-electron chi connectivity index (χ2n) is 7.70. The molecule has 8 heteroatoms. The van der Waals surface area contributed by atoms with Crippen LogP contribution in [0.4, 0.5) is 5.69 Å². The molecule has 2 aliphatic rings. The molecule has 2 heterocycles. The average molecular weight is 442 g/mol. The maximum Gasteiger partial charge on any atom is 0.318 e. The molecular formula is C25H18N2O6. The van der Waals surface area contributed by atoms with E-state index < -0.39 is 30.3 Å². The summed E-state index contributed by atoms with van der Waals surface area (Å²) in [6, 6.07) is 18.8. The molecule has 0 fully saturated rings. The lowest BCUT2D eigenvalue weighted by Gasteiger charge is -2.26. The first-order valence-corrected chi connectivity index (χ1v) is 10.2. The second kappa shape index (κ2) is 7.90. The molecule has 3 amide bonds. The summed E-state index contributed by atoms with van der Waals surface area (Å²) in [5.41, 5.74) is 2.14. The summed E-state index contributed by atoms with van der Waals surface area (Å²) in [5.74, 6) is -1.58. The van der Waals surface area contributed by atoms with Gasteiger partial charge in [0.15, 0.2) is 6.61 Å². The lowest BCUT2D eigenvalue weighted by Crippen LogP contribution is -2.26. The van der Waals surface area contributed by atoms with Crippen molar-refractivity contribution in [3.8, 4) is 11.5 Å². The van der Waals surface area contributed by atoms with Crippen molar-refractivity contribution in [3.63, 3.8) is 0 Å². The Morgan fingerprint density at radius 2 is 1.52 bits per heavy atom. The average Bonchev–Trinajstić information content (AvgIpc) is 3.04. The van der Waals surface area contributed by atoms with E-state index in [0.29, 0.717) is 28.3 Å². The molecule has 3 aromatic carbocycles. The van der Waals surface area contributed by atoms with Gasteiger partial charge in [0.05, 0.1) is 11.1 Å². The molecule has 0 aliphatic carbocycles. The molecule has 33 heavy (non-hydrogen) atoms. The molecule has 3 aromatic rings. The largest absolute Gasteiger partial charge is 0.457 e. The SMILES string of the molecule is CN1C(=O)c2ccc(NC(=O)COC(=O)C3c4ccccc4Oc4ccccc43)cc2C1=O. The molecular weight excluding hydrogens is 424 g/mol. The summed E-state index contributed by atoms with van der Waals surface area (Å²) in [4.78, 5) is 50.6. The second-order valence-corrected chi connectivity index (χ2v) is 7.70. The first-order chi connectivity index (χ1) is 15.9. The van der Waals surface area contributed by atoms with Crippen LogP contribution in [0.5, 0.6) is 11.5 Å². The van der Waals surface area contributed by atoms with Crippen LogP contribution in [0.25, 0.3) is 0 Å².